The Morgan fingerprint density at radius 3 is 2.95 bits per heavy atom. The van der Waals surface area contributed by atoms with E-state index in [4.69, 9.17) is 10.5 Å². The Balaban J connectivity index is 2.08. The van der Waals surface area contributed by atoms with Gasteiger partial charge in [-0.15, -0.1) is 0 Å². The Morgan fingerprint density at radius 1 is 1.47 bits per heavy atom. The van der Waals surface area contributed by atoms with Gasteiger partial charge in [0.25, 0.3) is 0 Å². The summed E-state index contributed by atoms with van der Waals surface area (Å²) in [6.07, 6.45) is 2.55. The molecule has 19 heavy (non-hydrogen) atoms. The topological polar surface area (TPSA) is 64.3 Å². The van der Waals surface area contributed by atoms with Gasteiger partial charge in [-0.05, 0) is 26.8 Å². The van der Waals surface area contributed by atoms with Gasteiger partial charge in [-0.1, -0.05) is 0 Å². The molecule has 2 unspecified atom stereocenters. The van der Waals surface area contributed by atoms with E-state index in [0.717, 1.165) is 37.6 Å². The summed E-state index contributed by atoms with van der Waals surface area (Å²) in [6.45, 7) is 8.97. The van der Waals surface area contributed by atoms with Crippen LogP contribution < -0.4 is 5.73 Å². The molecular weight excluding hydrogens is 240 g/mol. The molecule has 0 saturated carbocycles. The molecule has 1 saturated heterocycles. The monoisotopic (exact) mass is 264 g/mol. The van der Waals surface area contributed by atoms with Crippen LogP contribution in [0, 0.1) is 0 Å². The highest BCUT2D eigenvalue weighted by molar-refractivity contribution is 5.06. The lowest BCUT2D eigenvalue weighted by Crippen LogP contribution is -2.42. The van der Waals surface area contributed by atoms with Gasteiger partial charge >= 0.3 is 0 Å². The maximum Gasteiger partial charge on any atom is 0.158 e. The van der Waals surface area contributed by atoms with Crippen LogP contribution >= 0.6 is 0 Å². The number of rotatable bonds is 4. The molecule has 2 N–H and O–H groups in total. The van der Waals surface area contributed by atoms with E-state index in [1.165, 1.54) is 0 Å². The van der Waals surface area contributed by atoms with Crippen LogP contribution in [-0.4, -0.2) is 46.6 Å². The smallest absolute Gasteiger partial charge is 0.158 e. The number of aromatic nitrogens is 2. The van der Waals surface area contributed by atoms with Crippen LogP contribution in [0.15, 0.2) is 12.3 Å². The van der Waals surface area contributed by atoms with E-state index >= 15 is 0 Å². The highest BCUT2D eigenvalue weighted by Gasteiger charge is 2.25. The van der Waals surface area contributed by atoms with Crippen molar-refractivity contribution in [3.05, 3.63) is 23.8 Å². The largest absolute Gasteiger partial charge is 0.368 e. The van der Waals surface area contributed by atoms with Gasteiger partial charge in [-0.3, -0.25) is 4.90 Å². The van der Waals surface area contributed by atoms with Gasteiger partial charge in [0.05, 0.1) is 6.61 Å². The zero-order valence-corrected chi connectivity index (χ0v) is 12.0. The van der Waals surface area contributed by atoms with Crippen molar-refractivity contribution in [2.24, 2.45) is 5.73 Å². The van der Waals surface area contributed by atoms with Gasteiger partial charge in [0.15, 0.2) is 5.82 Å². The molecule has 2 atom stereocenters. The van der Waals surface area contributed by atoms with Crippen molar-refractivity contribution >= 4 is 0 Å². The van der Waals surface area contributed by atoms with E-state index in [1.54, 1.807) is 6.20 Å². The van der Waals surface area contributed by atoms with Crippen molar-refractivity contribution < 1.29 is 4.74 Å². The summed E-state index contributed by atoms with van der Waals surface area (Å²) in [4.78, 5) is 11.3. The number of nitrogens with two attached hydrogens (primary N) is 1. The molecule has 0 bridgehead atoms. The zero-order chi connectivity index (χ0) is 13.8. The van der Waals surface area contributed by atoms with E-state index < -0.39 is 0 Å². The highest BCUT2D eigenvalue weighted by atomic mass is 16.5. The number of ether oxygens (including phenoxy) is 1. The maximum atomic E-state index is 5.81. The molecule has 106 valence electrons. The first kappa shape index (κ1) is 14.4. The van der Waals surface area contributed by atoms with Gasteiger partial charge in [-0.25, -0.2) is 9.97 Å². The molecule has 0 aliphatic carbocycles. The van der Waals surface area contributed by atoms with Crippen LogP contribution in [0.5, 0.6) is 0 Å². The van der Waals surface area contributed by atoms with E-state index in [9.17, 15) is 0 Å². The molecule has 2 heterocycles. The fourth-order valence-electron chi connectivity index (χ4n) is 2.31. The first-order chi connectivity index (χ1) is 9.06. The summed E-state index contributed by atoms with van der Waals surface area (Å²) in [7, 11) is 0. The quantitative estimate of drug-likeness (QED) is 0.883. The third kappa shape index (κ3) is 3.96. The summed E-state index contributed by atoms with van der Waals surface area (Å²) in [5, 5.41) is 0. The highest BCUT2D eigenvalue weighted by Crippen LogP contribution is 2.20. The molecule has 5 nitrogen and oxygen atoms in total. The molecule has 1 aliphatic rings. The van der Waals surface area contributed by atoms with Crippen molar-refractivity contribution in [3.63, 3.8) is 0 Å². The molecule has 0 aromatic carbocycles. The third-order valence-corrected chi connectivity index (χ3v) is 3.38. The van der Waals surface area contributed by atoms with Crippen molar-refractivity contribution in [2.75, 3.05) is 19.7 Å². The van der Waals surface area contributed by atoms with E-state index in [2.05, 4.69) is 28.7 Å². The van der Waals surface area contributed by atoms with Gasteiger partial charge in [-0.2, -0.15) is 0 Å². The van der Waals surface area contributed by atoms with Crippen LogP contribution in [0.2, 0.25) is 0 Å². The second-order valence-electron chi connectivity index (χ2n) is 5.54. The number of nitrogens with zero attached hydrogens (tertiary/aromatic N) is 3. The van der Waals surface area contributed by atoms with E-state index in [0.29, 0.717) is 6.04 Å². The second-order valence-corrected chi connectivity index (χ2v) is 5.54. The summed E-state index contributed by atoms with van der Waals surface area (Å²) in [5.41, 5.74) is 6.81. The first-order valence-electron chi connectivity index (χ1n) is 6.99. The summed E-state index contributed by atoms with van der Waals surface area (Å²) in [6, 6.07) is 2.57. The molecule has 0 amide bonds. The van der Waals surface area contributed by atoms with Crippen molar-refractivity contribution in [3.8, 4) is 0 Å². The van der Waals surface area contributed by atoms with Crippen LogP contribution in [0.1, 0.15) is 38.4 Å². The molecule has 1 aromatic rings. The summed E-state index contributed by atoms with van der Waals surface area (Å²) < 4.78 is 5.81. The van der Waals surface area contributed by atoms with Gasteiger partial charge in [0, 0.05) is 43.5 Å². The standard InChI is InChI=1S/C14H24N4O/c1-10(2)18-6-7-19-13(9-18)14-16-5-4-12(17-14)8-11(3)15/h4-5,10-11,13H,6-9,15H2,1-3H3. The minimum Gasteiger partial charge on any atom is -0.368 e. The lowest BCUT2D eigenvalue weighted by molar-refractivity contribution is -0.0443. The zero-order valence-electron chi connectivity index (χ0n) is 12.0. The summed E-state index contributed by atoms with van der Waals surface area (Å²) >= 11 is 0. The van der Waals surface area contributed by atoms with Crippen LogP contribution in [0.25, 0.3) is 0 Å². The summed E-state index contributed by atoms with van der Waals surface area (Å²) in [5.74, 6) is 0.781. The Labute approximate surface area is 115 Å². The van der Waals surface area contributed by atoms with Gasteiger partial charge in [0.2, 0.25) is 0 Å². The predicted octanol–water partition coefficient (Wildman–Crippen LogP) is 1.15. The molecule has 5 heteroatoms. The molecule has 1 aliphatic heterocycles. The molecule has 0 radical (unpaired) electrons. The minimum atomic E-state index is -0.0239. The molecule has 1 aromatic heterocycles. The second kappa shape index (κ2) is 6.41. The molecular formula is C14H24N4O. The van der Waals surface area contributed by atoms with Crippen LogP contribution in [0.3, 0.4) is 0 Å². The fourth-order valence-corrected chi connectivity index (χ4v) is 2.31. The third-order valence-electron chi connectivity index (χ3n) is 3.38. The average Bonchev–Trinajstić information content (AvgIpc) is 2.38. The van der Waals surface area contributed by atoms with Crippen LogP contribution in [0.4, 0.5) is 0 Å². The van der Waals surface area contributed by atoms with Gasteiger partial charge < -0.3 is 10.5 Å². The van der Waals surface area contributed by atoms with E-state index in [1.807, 2.05) is 13.0 Å². The molecule has 0 spiro atoms. The van der Waals surface area contributed by atoms with E-state index in [-0.39, 0.29) is 12.1 Å². The van der Waals surface area contributed by atoms with Crippen molar-refractivity contribution in [2.45, 2.75) is 45.4 Å². The fraction of sp³-hybridized carbons (Fsp3) is 0.714. The molecule has 1 fully saturated rings. The number of morpholine rings is 1. The Hall–Kier alpha value is -1.04. The van der Waals surface area contributed by atoms with Crippen LogP contribution in [-0.2, 0) is 11.2 Å². The number of hydrogen-bond donors (Lipinski definition) is 1. The lowest BCUT2D eigenvalue weighted by atomic mass is 10.1. The Bertz CT molecular complexity index is 408. The van der Waals surface area contributed by atoms with Crippen molar-refractivity contribution in [1.82, 2.24) is 14.9 Å². The predicted molar refractivity (Wildman–Crippen MR) is 74.8 cm³/mol. The molecule has 2 rings (SSSR count). The minimum absolute atomic E-state index is 0.0239. The average molecular weight is 264 g/mol. The Kier molecular flexibility index (Phi) is 4.85. The maximum absolute atomic E-state index is 5.81. The lowest BCUT2D eigenvalue weighted by Gasteiger charge is -2.34. The number of hydrogen-bond acceptors (Lipinski definition) is 5. The van der Waals surface area contributed by atoms with Gasteiger partial charge in [0.1, 0.15) is 6.10 Å². The Morgan fingerprint density at radius 2 is 2.26 bits per heavy atom. The van der Waals surface area contributed by atoms with Crippen molar-refractivity contribution in [1.29, 1.82) is 0 Å². The first-order valence-corrected chi connectivity index (χ1v) is 6.99. The SMILES string of the molecule is CC(N)Cc1ccnc(C2CN(C(C)C)CCO2)n1. The normalized spacial score (nSPS) is 22.7.